The monoisotopic (exact) mass is 401 g/mol. The summed E-state index contributed by atoms with van der Waals surface area (Å²) in [6.45, 7) is 1.60. The lowest BCUT2D eigenvalue weighted by Crippen LogP contribution is -2.40. The molecule has 3 N–H and O–H groups in total. The first-order valence-corrected chi connectivity index (χ1v) is 8.80. The molecule has 0 bridgehead atoms. The van der Waals surface area contributed by atoms with Crippen molar-refractivity contribution in [3.63, 3.8) is 0 Å². The van der Waals surface area contributed by atoms with Gasteiger partial charge >= 0.3 is 6.18 Å². The standard InChI is InChI=1S/C20H18F3N5O/c1-19(9-14(20(21,22)23)8-17(25)28-19)13-3-2-4-15(7-13)27-18(29)16-6-5-12(10-24)11-26-16/h2-7,11,14H,8-9H2,1H3,(H2,25,28)(H,27,29)/t14-,19+/m1/s1. The van der Waals surface area contributed by atoms with Gasteiger partial charge in [0.2, 0.25) is 0 Å². The van der Waals surface area contributed by atoms with Crippen molar-refractivity contribution in [3.05, 3.63) is 59.4 Å². The topological polar surface area (TPSA) is 104 Å². The highest BCUT2D eigenvalue weighted by Gasteiger charge is 2.47. The number of anilines is 1. The molecule has 0 radical (unpaired) electrons. The van der Waals surface area contributed by atoms with Gasteiger partial charge in [0.15, 0.2) is 0 Å². The van der Waals surface area contributed by atoms with Crippen LogP contribution in [0.5, 0.6) is 0 Å². The van der Waals surface area contributed by atoms with Gasteiger partial charge in [0.25, 0.3) is 5.91 Å². The van der Waals surface area contributed by atoms with Crippen molar-refractivity contribution in [1.29, 1.82) is 5.26 Å². The quantitative estimate of drug-likeness (QED) is 0.817. The second kappa shape index (κ2) is 7.54. The molecule has 0 fully saturated rings. The van der Waals surface area contributed by atoms with E-state index < -0.39 is 23.5 Å². The lowest BCUT2D eigenvalue weighted by molar-refractivity contribution is -0.179. The molecule has 29 heavy (non-hydrogen) atoms. The number of amides is 1. The molecule has 2 heterocycles. The van der Waals surface area contributed by atoms with Crippen molar-refractivity contribution in [2.24, 2.45) is 16.6 Å². The fourth-order valence-electron chi connectivity index (χ4n) is 3.35. The van der Waals surface area contributed by atoms with Crippen molar-refractivity contribution in [1.82, 2.24) is 4.98 Å². The van der Waals surface area contributed by atoms with Gasteiger partial charge in [0.05, 0.1) is 22.9 Å². The average molecular weight is 401 g/mol. The Morgan fingerprint density at radius 2 is 2.10 bits per heavy atom. The summed E-state index contributed by atoms with van der Waals surface area (Å²) >= 11 is 0. The Bertz CT molecular complexity index is 994. The fourth-order valence-corrected chi connectivity index (χ4v) is 3.35. The van der Waals surface area contributed by atoms with Gasteiger partial charge in [0.1, 0.15) is 11.8 Å². The lowest BCUT2D eigenvalue weighted by atomic mass is 9.79. The number of hydrogen-bond acceptors (Lipinski definition) is 5. The molecule has 0 saturated carbocycles. The minimum absolute atomic E-state index is 0.0442. The molecule has 0 unspecified atom stereocenters. The molecule has 0 spiro atoms. The SMILES string of the molecule is C[C@@]1(c2cccc(NC(=O)c3ccc(C#N)cn3)c2)C[C@H](C(F)(F)F)CC(N)=N1. The maximum absolute atomic E-state index is 13.3. The number of nitrogens with one attached hydrogen (secondary N) is 1. The van der Waals surface area contributed by atoms with E-state index in [0.717, 1.165) is 0 Å². The highest BCUT2D eigenvalue weighted by atomic mass is 19.4. The van der Waals surface area contributed by atoms with E-state index in [1.807, 2.05) is 6.07 Å². The van der Waals surface area contributed by atoms with Crippen molar-refractivity contribution in [3.8, 4) is 6.07 Å². The highest BCUT2D eigenvalue weighted by Crippen LogP contribution is 2.44. The van der Waals surface area contributed by atoms with E-state index in [0.29, 0.717) is 16.8 Å². The predicted octanol–water partition coefficient (Wildman–Crippen LogP) is 3.75. The van der Waals surface area contributed by atoms with E-state index in [9.17, 15) is 18.0 Å². The van der Waals surface area contributed by atoms with Crippen molar-refractivity contribution in [2.45, 2.75) is 31.5 Å². The third-order valence-electron chi connectivity index (χ3n) is 4.82. The number of aliphatic imine (C=N–C) groups is 1. The maximum atomic E-state index is 13.3. The second-order valence-corrected chi connectivity index (χ2v) is 7.10. The number of amidine groups is 1. The van der Waals surface area contributed by atoms with Gasteiger partial charge in [-0.2, -0.15) is 18.4 Å². The molecule has 1 aliphatic rings. The van der Waals surface area contributed by atoms with E-state index >= 15 is 0 Å². The number of rotatable bonds is 3. The Labute approximate surface area is 165 Å². The number of nitriles is 1. The molecular formula is C20H18F3N5O. The summed E-state index contributed by atoms with van der Waals surface area (Å²) in [7, 11) is 0. The summed E-state index contributed by atoms with van der Waals surface area (Å²) in [6, 6.07) is 11.3. The zero-order valence-corrected chi connectivity index (χ0v) is 15.5. The van der Waals surface area contributed by atoms with E-state index in [1.54, 1.807) is 31.2 Å². The summed E-state index contributed by atoms with van der Waals surface area (Å²) in [4.78, 5) is 20.6. The maximum Gasteiger partial charge on any atom is 0.392 e. The van der Waals surface area contributed by atoms with Gasteiger partial charge in [-0.1, -0.05) is 12.1 Å². The number of aromatic nitrogens is 1. The molecular weight excluding hydrogens is 383 g/mol. The average Bonchev–Trinajstić information content (AvgIpc) is 2.67. The molecule has 0 aliphatic carbocycles. The first-order valence-electron chi connectivity index (χ1n) is 8.80. The molecule has 9 heteroatoms. The minimum Gasteiger partial charge on any atom is -0.387 e. The smallest absolute Gasteiger partial charge is 0.387 e. The first kappa shape index (κ1) is 20.3. The van der Waals surface area contributed by atoms with Crippen LogP contribution in [0.15, 0.2) is 47.6 Å². The molecule has 6 nitrogen and oxygen atoms in total. The molecule has 0 saturated heterocycles. The number of nitrogens with two attached hydrogens (primary N) is 1. The van der Waals surface area contributed by atoms with Gasteiger partial charge in [-0.05, 0) is 43.2 Å². The lowest BCUT2D eigenvalue weighted by Gasteiger charge is -2.36. The molecule has 1 amide bonds. The van der Waals surface area contributed by atoms with Crippen LogP contribution in [-0.2, 0) is 5.54 Å². The molecule has 1 aromatic carbocycles. The van der Waals surface area contributed by atoms with Crippen LogP contribution >= 0.6 is 0 Å². The zero-order chi connectivity index (χ0) is 21.2. The third-order valence-corrected chi connectivity index (χ3v) is 4.82. The fraction of sp³-hybridized carbons (Fsp3) is 0.300. The van der Waals surface area contributed by atoms with Crippen molar-refractivity contribution in [2.75, 3.05) is 5.32 Å². The van der Waals surface area contributed by atoms with Crippen LogP contribution in [0.25, 0.3) is 0 Å². The number of alkyl halides is 3. The van der Waals surface area contributed by atoms with Crippen LogP contribution in [-0.4, -0.2) is 22.9 Å². The number of benzene rings is 1. The van der Waals surface area contributed by atoms with E-state index in [1.165, 1.54) is 18.3 Å². The van der Waals surface area contributed by atoms with Crippen LogP contribution in [0.2, 0.25) is 0 Å². The van der Waals surface area contributed by atoms with Crippen molar-refractivity contribution >= 4 is 17.4 Å². The zero-order valence-electron chi connectivity index (χ0n) is 15.5. The van der Waals surface area contributed by atoms with E-state index in [2.05, 4.69) is 15.3 Å². The van der Waals surface area contributed by atoms with Gasteiger partial charge in [0, 0.05) is 18.3 Å². The van der Waals surface area contributed by atoms with Gasteiger partial charge in [-0.3, -0.25) is 9.79 Å². The Hall–Kier alpha value is -3.41. The first-order chi connectivity index (χ1) is 13.6. The number of nitrogens with zero attached hydrogens (tertiary/aromatic N) is 3. The van der Waals surface area contributed by atoms with Crippen LogP contribution in [0.3, 0.4) is 0 Å². The summed E-state index contributed by atoms with van der Waals surface area (Å²) in [5, 5.41) is 11.4. The second-order valence-electron chi connectivity index (χ2n) is 7.10. The van der Waals surface area contributed by atoms with Crippen LogP contribution in [0, 0.1) is 17.2 Å². The molecule has 1 aliphatic heterocycles. The van der Waals surface area contributed by atoms with Crippen molar-refractivity contribution < 1.29 is 18.0 Å². The number of halogens is 3. The molecule has 2 atom stereocenters. The van der Waals surface area contributed by atoms with Gasteiger partial charge in [-0.15, -0.1) is 0 Å². The number of pyridine rings is 1. The van der Waals surface area contributed by atoms with Gasteiger partial charge < -0.3 is 11.1 Å². The number of carbonyl (C=O) groups is 1. The Kier molecular flexibility index (Phi) is 5.29. The molecule has 1 aromatic heterocycles. The van der Waals surface area contributed by atoms with Crippen LogP contribution in [0.1, 0.15) is 41.4 Å². The van der Waals surface area contributed by atoms with E-state index in [-0.39, 0.29) is 24.4 Å². The van der Waals surface area contributed by atoms with Gasteiger partial charge in [-0.25, -0.2) is 4.98 Å². The molecule has 150 valence electrons. The molecule has 2 aromatic rings. The highest BCUT2D eigenvalue weighted by molar-refractivity contribution is 6.02. The Morgan fingerprint density at radius 1 is 1.34 bits per heavy atom. The van der Waals surface area contributed by atoms with Crippen LogP contribution < -0.4 is 11.1 Å². The van der Waals surface area contributed by atoms with E-state index in [4.69, 9.17) is 11.0 Å². The minimum atomic E-state index is -4.37. The Morgan fingerprint density at radius 3 is 2.72 bits per heavy atom. The summed E-state index contributed by atoms with van der Waals surface area (Å²) in [5.74, 6) is -2.12. The van der Waals surface area contributed by atoms with Crippen LogP contribution in [0.4, 0.5) is 18.9 Å². The predicted molar refractivity (Wildman–Crippen MR) is 101 cm³/mol. The summed E-state index contributed by atoms with van der Waals surface area (Å²) < 4.78 is 39.8. The molecule has 3 rings (SSSR count). The summed E-state index contributed by atoms with van der Waals surface area (Å²) in [6.07, 6.45) is -3.64. The normalized spacial score (nSPS) is 21.8. The number of carbonyl (C=O) groups excluding carboxylic acids is 1. The number of hydrogen-bond donors (Lipinski definition) is 2. The largest absolute Gasteiger partial charge is 0.392 e. The third kappa shape index (κ3) is 4.54. The Balaban J connectivity index is 1.84. The summed E-state index contributed by atoms with van der Waals surface area (Å²) in [5.41, 5.74) is 5.88.